The molecule has 2 N–H and O–H groups in total. The smallest absolute Gasteiger partial charge is 0.318 e. The van der Waals surface area contributed by atoms with Crippen LogP contribution in [-0.2, 0) is 13.0 Å². The minimum Gasteiger partial charge on any atom is -0.333 e. The molecule has 0 saturated carbocycles. The molecule has 24 heavy (non-hydrogen) atoms. The lowest BCUT2D eigenvalue weighted by Gasteiger charge is -2.30. The van der Waals surface area contributed by atoms with Crippen molar-refractivity contribution in [3.63, 3.8) is 0 Å². The maximum Gasteiger partial charge on any atom is 0.318 e. The van der Waals surface area contributed by atoms with Crippen molar-refractivity contribution < 1.29 is 9.59 Å². The number of fused-ring (bicyclic) bond motifs is 1. The van der Waals surface area contributed by atoms with Crippen molar-refractivity contribution >= 4 is 39.7 Å². The highest BCUT2D eigenvalue weighted by Crippen LogP contribution is 2.29. The lowest BCUT2D eigenvalue weighted by molar-refractivity contribution is 0.102. The van der Waals surface area contributed by atoms with Gasteiger partial charge in [-0.15, -0.1) is 0 Å². The first-order valence-electron chi connectivity index (χ1n) is 7.71. The van der Waals surface area contributed by atoms with Crippen molar-refractivity contribution in [3.05, 3.63) is 33.0 Å². The Hall–Kier alpha value is -1.93. The summed E-state index contributed by atoms with van der Waals surface area (Å²) in [5, 5.41) is 10.1. The van der Waals surface area contributed by atoms with E-state index in [1.807, 2.05) is 26.2 Å². The quantitative estimate of drug-likeness (QED) is 0.858. The molecule has 6 nitrogen and oxygen atoms in total. The monoisotopic (exact) mass is 364 g/mol. The van der Waals surface area contributed by atoms with Crippen molar-refractivity contribution in [1.82, 2.24) is 15.2 Å². The van der Waals surface area contributed by atoms with E-state index in [0.717, 1.165) is 10.6 Å². The second-order valence-electron chi connectivity index (χ2n) is 6.71. The summed E-state index contributed by atoms with van der Waals surface area (Å²) >= 11 is 2.92. The summed E-state index contributed by atoms with van der Waals surface area (Å²) in [5.41, 5.74) is 1.35. The molecule has 1 aliphatic heterocycles. The minimum atomic E-state index is -0.259. The molecule has 3 heterocycles. The third-order valence-electron chi connectivity index (χ3n) is 3.50. The van der Waals surface area contributed by atoms with Gasteiger partial charge in [0.2, 0.25) is 0 Å². The third-order valence-corrected chi connectivity index (χ3v) is 5.19. The van der Waals surface area contributed by atoms with Crippen molar-refractivity contribution in [2.24, 2.45) is 0 Å². The van der Waals surface area contributed by atoms with E-state index in [-0.39, 0.29) is 17.5 Å². The van der Waals surface area contributed by atoms with Crippen molar-refractivity contribution in [2.45, 2.75) is 39.3 Å². The van der Waals surface area contributed by atoms with E-state index in [4.69, 9.17) is 0 Å². The molecule has 0 bridgehead atoms. The number of nitrogens with one attached hydrogen (secondary N) is 2. The van der Waals surface area contributed by atoms with E-state index < -0.39 is 0 Å². The van der Waals surface area contributed by atoms with Crippen molar-refractivity contribution in [2.75, 3.05) is 11.9 Å². The van der Waals surface area contributed by atoms with Gasteiger partial charge in [0.25, 0.3) is 5.91 Å². The number of carbonyl (C=O) groups is 2. The molecule has 3 amide bonds. The largest absolute Gasteiger partial charge is 0.333 e. The highest BCUT2D eigenvalue weighted by Gasteiger charge is 2.26. The molecule has 0 spiro atoms. The summed E-state index contributed by atoms with van der Waals surface area (Å²) in [7, 11) is 0. The highest BCUT2D eigenvalue weighted by molar-refractivity contribution is 7.16. The molecule has 0 aliphatic carbocycles. The summed E-state index contributed by atoms with van der Waals surface area (Å²) in [4.78, 5) is 31.7. The molecule has 0 atom stereocenters. The first kappa shape index (κ1) is 16.9. The van der Waals surface area contributed by atoms with Gasteiger partial charge in [-0.2, -0.15) is 11.3 Å². The molecular formula is C16H20N4O2S2. The number of hydrogen-bond acceptors (Lipinski definition) is 5. The molecule has 2 aromatic heterocycles. The molecular weight excluding hydrogens is 344 g/mol. The van der Waals surface area contributed by atoms with Crippen LogP contribution in [0.2, 0.25) is 0 Å². The number of anilines is 1. The van der Waals surface area contributed by atoms with E-state index in [2.05, 4.69) is 15.6 Å². The number of thiophene rings is 1. The Morgan fingerprint density at radius 3 is 2.79 bits per heavy atom. The Bertz CT molecular complexity index is 747. The molecule has 0 aromatic carbocycles. The van der Waals surface area contributed by atoms with Crippen LogP contribution in [-0.4, -0.2) is 33.9 Å². The molecule has 3 rings (SSSR count). The third kappa shape index (κ3) is 3.93. The Morgan fingerprint density at radius 1 is 1.33 bits per heavy atom. The Morgan fingerprint density at radius 2 is 2.12 bits per heavy atom. The highest BCUT2D eigenvalue weighted by atomic mass is 32.1. The van der Waals surface area contributed by atoms with Crippen LogP contribution in [0.5, 0.6) is 0 Å². The SMILES string of the molecule is CC(C)(C)NC(=O)N1CCc2nc(NC(=O)c3ccsc3)sc2C1. The maximum atomic E-state index is 12.3. The zero-order chi connectivity index (χ0) is 17.3. The molecule has 0 fully saturated rings. The van der Waals surface area contributed by atoms with Crippen molar-refractivity contribution in [3.8, 4) is 0 Å². The van der Waals surface area contributed by atoms with Gasteiger partial charge in [-0.25, -0.2) is 9.78 Å². The van der Waals surface area contributed by atoms with Crippen LogP contribution in [0.1, 0.15) is 41.7 Å². The first-order valence-corrected chi connectivity index (χ1v) is 9.47. The average molecular weight is 364 g/mol. The molecule has 0 radical (unpaired) electrons. The van der Waals surface area contributed by atoms with Crippen LogP contribution in [0.3, 0.4) is 0 Å². The number of rotatable bonds is 2. The van der Waals surface area contributed by atoms with Gasteiger partial charge in [0, 0.05) is 28.8 Å². The standard InChI is InChI=1S/C16H20N4O2S2/c1-16(2,3)19-15(22)20-6-4-11-12(8-20)24-14(17-11)18-13(21)10-5-7-23-9-10/h5,7,9H,4,6,8H2,1-3H3,(H,19,22)(H,17,18,21). The van der Waals surface area contributed by atoms with E-state index in [0.29, 0.717) is 30.2 Å². The Labute approximate surface area is 148 Å². The summed E-state index contributed by atoms with van der Waals surface area (Å²) in [6.45, 7) is 7.06. The van der Waals surface area contributed by atoms with Gasteiger partial charge in [0.05, 0.1) is 17.8 Å². The van der Waals surface area contributed by atoms with Crippen LogP contribution in [0.25, 0.3) is 0 Å². The molecule has 128 valence electrons. The van der Waals surface area contributed by atoms with Crippen LogP contribution in [0.4, 0.5) is 9.93 Å². The van der Waals surface area contributed by atoms with Gasteiger partial charge in [0.15, 0.2) is 5.13 Å². The number of aromatic nitrogens is 1. The summed E-state index contributed by atoms with van der Waals surface area (Å²) in [6, 6.07) is 1.72. The normalized spacial score (nSPS) is 14.2. The van der Waals surface area contributed by atoms with Crippen LogP contribution < -0.4 is 10.6 Å². The predicted molar refractivity (Wildman–Crippen MR) is 96.8 cm³/mol. The fraction of sp³-hybridized carbons (Fsp3) is 0.438. The van der Waals surface area contributed by atoms with Crippen molar-refractivity contribution in [1.29, 1.82) is 0 Å². The minimum absolute atomic E-state index is 0.0644. The maximum absolute atomic E-state index is 12.3. The van der Waals surface area contributed by atoms with Gasteiger partial charge >= 0.3 is 6.03 Å². The molecule has 0 unspecified atom stereocenters. The summed E-state index contributed by atoms with van der Waals surface area (Å²) in [5.74, 6) is -0.148. The number of carbonyl (C=O) groups excluding carboxylic acids is 2. The molecule has 0 saturated heterocycles. The van der Waals surface area contributed by atoms with Gasteiger partial charge in [-0.05, 0) is 32.2 Å². The van der Waals surface area contributed by atoms with Gasteiger partial charge < -0.3 is 10.2 Å². The Kier molecular flexibility index (Phi) is 4.60. The van der Waals surface area contributed by atoms with E-state index in [9.17, 15) is 9.59 Å². The average Bonchev–Trinajstić information content (AvgIpc) is 3.13. The summed E-state index contributed by atoms with van der Waals surface area (Å²) in [6.07, 6.45) is 0.706. The number of amides is 3. The number of urea groups is 1. The zero-order valence-electron chi connectivity index (χ0n) is 13.9. The number of thiazole rings is 1. The van der Waals surface area contributed by atoms with Gasteiger partial charge in [-0.3, -0.25) is 10.1 Å². The second-order valence-corrected chi connectivity index (χ2v) is 8.57. The lowest BCUT2D eigenvalue weighted by Crippen LogP contribution is -2.49. The van der Waals surface area contributed by atoms with Gasteiger partial charge in [-0.1, -0.05) is 11.3 Å². The second kappa shape index (κ2) is 6.52. The Balaban J connectivity index is 1.66. The molecule has 2 aromatic rings. The van der Waals surface area contributed by atoms with Crippen LogP contribution in [0, 0.1) is 0 Å². The van der Waals surface area contributed by atoms with Crippen LogP contribution in [0.15, 0.2) is 16.8 Å². The first-order chi connectivity index (χ1) is 11.3. The predicted octanol–water partition coefficient (Wildman–Crippen LogP) is 3.32. The molecule has 8 heteroatoms. The van der Waals surface area contributed by atoms with Gasteiger partial charge in [0.1, 0.15) is 0 Å². The van der Waals surface area contributed by atoms with E-state index >= 15 is 0 Å². The topological polar surface area (TPSA) is 74.3 Å². The lowest BCUT2D eigenvalue weighted by atomic mass is 10.1. The van der Waals surface area contributed by atoms with E-state index in [1.165, 1.54) is 22.7 Å². The summed E-state index contributed by atoms with van der Waals surface area (Å²) < 4.78 is 0. The number of hydrogen-bond donors (Lipinski definition) is 2. The number of nitrogens with zero attached hydrogens (tertiary/aromatic N) is 2. The zero-order valence-corrected chi connectivity index (χ0v) is 15.5. The van der Waals surface area contributed by atoms with Crippen LogP contribution >= 0.6 is 22.7 Å². The fourth-order valence-corrected chi connectivity index (χ4v) is 4.04. The molecule has 1 aliphatic rings. The van der Waals surface area contributed by atoms with E-state index in [1.54, 1.807) is 16.3 Å². The fourth-order valence-electron chi connectivity index (χ4n) is 2.39.